The number of rotatable bonds is 4. The molecule has 0 spiro atoms. The van der Waals surface area contributed by atoms with Gasteiger partial charge in [-0.15, -0.1) is 0 Å². The van der Waals surface area contributed by atoms with Gasteiger partial charge in [-0.1, -0.05) is 6.07 Å². The maximum atomic E-state index is 13.3. The van der Waals surface area contributed by atoms with Crippen molar-refractivity contribution in [1.29, 1.82) is 0 Å². The number of benzene rings is 1. The number of halogens is 1. The van der Waals surface area contributed by atoms with Crippen LogP contribution in [0.2, 0.25) is 0 Å². The van der Waals surface area contributed by atoms with Gasteiger partial charge in [-0.3, -0.25) is 4.79 Å². The van der Waals surface area contributed by atoms with Gasteiger partial charge in [0, 0.05) is 24.5 Å². The summed E-state index contributed by atoms with van der Waals surface area (Å²) >= 11 is 0. The van der Waals surface area contributed by atoms with Gasteiger partial charge >= 0.3 is 0 Å². The Kier molecular flexibility index (Phi) is 4.90. The highest BCUT2D eigenvalue weighted by Gasteiger charge is 2.33. The van der Waals surface area contributed by atoms with E-state index in [1.165, 1.54) is 17.0 Å². The lowest BCUT2D eigenvalue weighted by Gasteiger charge is -2.23. The van der Waals surface area contributed by atoms with Gasteiger partial charge in [0.2, 0.25) is 5.95 Å². The highest BCUT2D eigenvalue weighted by Crippen LogP contribution is 2.20. The van der Waals surface area contributed by atoms with Gasteiger partial charge in [-0.2, -0.15) is 0 Å². The summed E-state index contributed by atoms with van der Waals surface area (Å²) in [4.78, 5) is 22.5. The van der Waals surface area contributed by atoms with Crippen molar-refractivity contribution in [3.63, 3.8) is 0 Å². The molecule has 0 bridgehead atoms. The van der Waals surface area contributed by atoms with Gasteiger partial charge in [-0.05, 0) is 37.6 Å². The molecular formula is C17H19FN4O3S. The van der Waals surface area contributed by atoms with Crippen LogP contribution in [0, 0.1) is 12.7 Å². The predicted octanol–water partition coefficient (Wildman–Crippen LogP) is 1.93. The van der Waals surface area contributed by atoms with E-state index in [-0.39, 0.29) is 35.1 Å². The lowest BCUT2D eigenvalue weighted by molar-refractivity contribution is 0.0741. The summed E-state index contributed by atoms with van der Waals surface area (Å²) in [6.07, 6.45) is 0.420. The van der Waals surface area contributed by atoms with Crippen molar-refractivity contribution >= 4 is 27.4 Å². The molecule has 26 heavy (non-hydrogen) atoms. The van der Waals surface area contributed by atoms with E-state index in [0.29, 0.717) is 17.8 Å². The van der Waals surface area contributed by atoms with Crippen LogP contribution in [0.1, 0.15) is 22.6 Å². The third-order valence-electron chi connectivity index (χ3n) is 4.23. The van der Waals surface area contributed by atoms with Crippen molar-refractivity contribution in [2.75, 3.05) is 23.9 Å². The molecule has 1 aromatic carbocycles. The van der Waals surface area contributed by atoms with E-state index in [2.05, 4.69) is 15.3 Å². The molecule has 1 aliphatic heterocycles. The van der Waals surface area contributed by atoms with E-state index in [4.69, 9.17) is 0 Å². The lowest BCUT2D eigenvalue weighted by Crippen LogP contribution is -2.38. The third kappa shape index (κ3) is 4.16. The minimum atomic E-state index is -3.09. The average Bonchev–Trinajstić information content (AvgIpc) is 2.93. The zero-order chi connectivity index (χ0) is 18.9. The van der Waals surface area contributed by atoms with Crippen LogP contribution in [0.25, 0.3) is 0 Å². The summed E-state index contributed by atoms with van der Waals surface area (Å²) in [6.45, 7) is 1.72. The molecule has 1 aliphatic rings. The molecule has 1 fully saturated rings. The number of aryl methyl sites for hydroxylation is 1. The maximum Gasteiger partial charge on any atom is 0.272 e. The van der Waals surface area contributed by atoms with Gasteiger partial charge in [0.1, 0.15) is 11.5 Å². The second kappa shape index (κ2) is 6.99. The van der Waals surface area contributed by atoms with Crippen molar-refractivity contribution < 1.29 is 17.6 Å². The van der Waals surface area contributed by atoms with E-state index in [1.807, 2.05) is 0 Å². The summed E-state index contributed by atoms with van der Waals surface area (Å²) < 4.78 is 36.6. The SMILES string of the molecule is Cc1cc(C(=O)N(C)C2CCS(=O)(=O)C2)nc(Nc2cccc(F)c2)n1. The summed E-state index contributed by atoms with van der Waals surface area (Å²) in [5.41, 5.74) is 1.18. The minimum absolute atomic E-state index is 0.0340. The predicted molar refractivity (Wildman–Crippen MR) is 95.6 cm³/mol. The number of hydrogen-bond donors (Lipinski definition) is 1. The van der Waals surface area contributed by atoms with E-state index in [9.17, 15) is 17.6 Å². The topological polar surface area (TPSA) is 92.3 Å². The zero-order valence-electron chi connectivity index (χ0n) is 14.4. The lowest BCUT2D eigenvalue weighted by atomic mass is 10.2. The number of carbonyl (C=O) groups excluding carboxylic acids is 1. The van der Waals surface area contributed by atoms with Crippen LogP contribution >= 0.6 is 0 Å². The van der Waals surface area contributed by atoms with Gasteiger partial charge in [-0.25, -0.2) is 22.8 Å². The Bertz CT molecular complexity index is 949. The fourth-order valence-corrected chi connectivity index (χ4v) is 4.63. The van der Waals surface area contributed by atoms with Crippen LogP contribution in [0.4, 0.5) is 16.0 Å². The Morgan fingerprint density at radius 2 is 2.08 bits per heavy atom. The highest BCUT2D eigenvalue weighted by molar-refractivity contribution is 7.91. The summed E-state index contributed by atoms with van der Waals surface area (Å²) in [5, 5.41) is 2.87. The molecule has 1 saturated heterocycles. The van der Waals surface area contributed by atoms with Gasteiger partial charge in [0.15, 0.2) is 9.84 Å². The molecule has 1 aromatic heterocycles. The van der Waals surface area contributed by atoms with Crippen LogP contribution in [-0.2, 0) is 9.84 Å². The quantitative estimate of drug-likeness (QED) is 0.874. The summed E-state index contributed by atoms with van der Waals surface area (Å²) in [6, 6.07) is 7.01. The molecular weight excluding hydrogens is 359 g/mol. The molecule has 0 aliphatic carbocycles. The van der Waals surface area contributed by atoms with Crippen molar-refractivity contribution in [2.45, 2.75) is 19.4 Å². The first-order chi connectivity index (χ1) is 12.2. The Labute approximate surface area is 151 Å². The molecule has 2 heterocycles. The molecule has 138 valence electrons. The Morgan fingerprint density at radius 3 is 2.73 bits per heavy atom. The molecule has 1 N–H and O–H groups in total. The number of aromatic nitrogens is 2. The first-order valence-electron chi connectivity index (χ1n) is 8.09. The number of nitrogens with zero attached hydrogens (tertiary/aromatic N) is 3. The number of anilines is 2. The Balaban J connectivity index is 1.81. The first kappa shape index (κ1) is 18.2. The molecule has 0 saturated carbocycles. The highest BCUT2D eigenvalue weighted by atomic mass is 32.2. The zero-order valence-corrected chi connectivity index (χ0v) is 15.3. The van der Waals surface area contributed by atoms with E-state index in [1.54, 1.807) is 32.2 Å². The molecule has 7 nitrogen and oxygen atoms in total. The van der Waals surface area contributed by atoms with Crippen LogP contribution in [0.5, 0.6) is 0 Å². The Morgan fingerprint density at radius 1 is 1.31 bits per heavy atom. The smallest absolute Gasteiger partial charge is 0.272 e. The fraction of sp³-hybridized carbons (Fsp3) is 0.353. The summed E-state index contributed by atoms with van der Waals surface area (Å²) in [5.74, 6) is -0.551. The number of carbonyl (C=O) groups is 1. The van der Waals surface area contributed by atoms with E-state index < -0.39 is 15.7 Å². The van der Waals surface area contributed by atoms with Crippen LogP contribution in [0.15, 0.2) is 30.3 Å². The largest absolute Gasteiger partial charge is 0.336 e. The fourth-order valence-electron chi connectivity index (χ4n) is 2.86. The maximum absolute atomic E-state index is 13.3. The van der Waals surface area contributed by atoms with Crippen molar-refractivity contribution in [2.24, 2.45) is 0 Å². The first-order valence-corrected chi connectivity index (χ1v) is 9.91. The monoisotopic (exact) mass is 378 g/mol. The molecule has 9 heteroatoms. The van der Waals surface area contributed by atoms with Crippen LogP contribution < -0.4 is 5.32 Å². The van der Waals surface area contributed by atoms with E-state index in [0.717, 1.165) is 0 Å². The van der Waals surface area contributed by atoms with Gasteiger partial charge < -0.3 is 10.2 Å². The van der Waals surface area contributed by atoms with Gasteiger partial charge in [0.25, 0.3) is 5.91 Å². The molecule has 1 unspecified atom stereocenters. The second-order valence-corrected chi connectivity index (χ2v) is 8.56. The Hall–Kier alpha value is -2.55. The van der Waals surface area contributed by atoms with E-state index >= 15 is 0 Å². The molecule has 1 atom stereocenters. The molecule has 1 amide bonds. The van der Waals surface area contributed by atoms with Crippen LogP contribution in [0.3, 0.4) is 0 Å². The molecule has 2 aromatic rings. The standard InChI is InChI=1S/C17H19FN4O3S/c1-11-8-15(16(23)22(2)14-6-7-26(24,25)10-14)21-17(19-11)20-13-5-3-4-12(18)9-13/h3-5,8-9,14H,6-7,10H2,1-2H3,(H,19,20,21). The van der Waals surface area contributed by atoms with Crippen molar-refractivity contribution in [1.82, 2.24) is 14.9 Å². The average molecular weight is 378 g/mol. The second-order valence-electron chi connectivity index (χ2n) is 6.33. The number of amides is 1. The van der Waals surface area contributed by atoms with Crippen molar-refractivity contribution in [3.8, 4) is 0 Å². The number of sulfone groups is 1. The number of nitrogens with one attached hydrogen (secondary N) is 1. The third-order valence-corrected chi connectivity index (χ3v) is 5.98. The van der Waals surface area contributed by atoms with Gasteiger partial charge in [0.05, 0.1) is 11.5 Å². The van der Waals surface area contributed by atoms with Crippen LogP contribution in [-0.4, -0.2) is 53.8 Å². The minimum Gasteiger partial charge on any atom is -0.336 e. The normalized spacial score (nSPS) is 18.5. The van der Waals surface area contributed by atoms with Crippen molar-refractivity contribution in [3.05, 3.63) is 47.5 Å². The number of hydrogen-bond acceptors (Lipinski definition) is 6. The summed E-state index contributed by atoms with van der Waals surface area (Å²) in [7, 11) is -1.52. The molecule has 0 radical (unpaired) electrons. The molecule has 3 rings (SSSR count).